The van der Waals surface area contributed by atoms with Crippen molar-refractivity contribution in [2.45, 2.75) is 47.1 Å². The summed E-state index contributed by atoms with van der Waals surface area (Å²) in [7, 11) is 0. The minimum Gasteiger partial charge on any atom is -0.372 e. The first-order valence-corrected chi connectivity index (χ1v) is 7.57. The zero-order chi connectivity index (χ0) is 14.3. The minimum atomic E-state index is 0.623. The fourth-order valence-corrected chi connectivity index (χ4v) is 2.04. The van der Waals surface area contributed by atoms with Crippen LogP contribution in [-0.2, 0) is 6.54 Å². The fraction of sp³-hybridized carbons (Fsp3) is 0.647. The molecule has 0 aliphatic rings. The molecule has 108 valence electrons. The van der Waals surface area contributed by atoms with Crippen molar-refractivity contribution in [1.29, 1.82) is 0 Å². The van der Waals surface area contributed by atoms with Crippen molar-refractivity contribution in [2.75, 3.05) is 18.0 Å². The summed E-state index contributed by atoms with van der Waals surface area (Å²) in [5, 5.41) is 0. The van der Waals surface area contributed by atoms with E-state index in [1.807, 2.05) is 0 Å². The maximum absolute atomic E-state index is 5.66. The van der Waals surface area contributed by atoms with Crippen LogP contribution >= 0.6 is 0 Å². The van der Waals surface area contributed by atoms with E-state index < -0.39 is 0 Å². The Morgan fingerprint density at radius 1 is 0.895 bits per heavy atom. The Morgan fingerprint density at radius 3 is 1.74 bits per heavy atom. The number of benzene rings is 1. The molecule has 0 aromatic heterocycles. The second kappa shape index (κ2) is 8.21. The Balaban J connectivity index is 2.69. The molecule has 0 saturated carbocycles. The van der Waals surface area contributed by atoms with Crippen molar-refractivity contribution in [1.82, 2.24) is 0 Å². The Morgan fingerprint density at radius 2 is 1.37 bits per heavy atom. The highest BCUT2D eigenvalue weighted by Crippen LogP contribution is 2.18. The molecule has 0 heterocycles. The van der Waals surface area contributed by atoms with Crippen LogP contribution in [0.5, 0.6) is 0 Å². The molecule has 2 N–H and O–H groups in total. The van der Waals surface area contributed by atoms with Gasteiger partial charge in [0.05, 0.1) is 0 Å². The van der Waals surface area contributed by atoms with E-state index in [-0.39, 0.29) is 0 Å². The fourth-order valence-electron chi connectivity index (χ4n) is 2.04. The van der Waals surface area contributed by atoms with Crippen molar-refractivity contribution in [3.8, 4) is 0 Å². The molecule has 2 heteroatoms. The van der Waals surface area contributed by atoms with E-state index in [4.69, 9.17) is 5.73 Å². The van der Waals surface area contributed by atoms with Crippen LogP contribution < -0.4 is 10.6 Å². The molecule has 0 aliphatic heterocycles. The standard InChI is InChI=1S/C17H30N2/c1-14(2)9-11-19(12-10-15(3)4)17-7-5-16(13-18)6-8-17/h5-8,14-15H,9-13,18H2,1-4H3. The number of nitrogens with zero attached hydrogens (tertiary/aromatic N) is 1. The lowest BCUT2D eigenvalue weighted by Crippen LogP contribution is -2.27. The second-order valence-corrected chi connectivity index (χ2v) is 6.22. The average molecular weight is 262 g/mol. The van der Waals surface area contributed by atoms with Crippen LogP contribution in [0.2, 0.25) is 0 Å². The average Bonchev–Trinajstić information content (AvgIpc) is 2.38. The molecule has 0 fully saturated rings. The highest BCUT2D eigenvalue weighted by atomic mass is 15.1. The van der Waals surface area contributed by atoms with E-state index in [1.54, 1.807) is 0 Å². The van der Waals surface area contributed by atoms with Gasteiger partial charge in [-0.15, -0.1) is 0 Å². The lowest BCUT2D eigenvalue weighted by Gasteiger charge is -2.26. The number of anilines is 1. The van der Waals surface area contributed by atoms with E-state index in [1.165, 1.54) is 24.1 Å². The molecule has 0 amide bonds. The lowest BCUT2D eigenvalue weighted by molar-refractivity contribution is 0.535. The minimum absolute atomic E-state index is 0.623. The van der Waals surface area contributed by atoms with Crippen LogP contribution in [0.4, 0.5) is 5.69 Å². The summed E-state index contributed by atoms with van der Waals surface area (Å²) in [6.45, 7) is 12.1. The van der Waals surface area contributed by atoms with Gasteiger partial charge in [-0.05, 0) is 42.4 Å². The van der Waals surface area contributed by atoms with E-state index in [9.17, 15) is 0 Å². The van der Waals surface area contributed by atoms with E-state index >= 15 is 0 Å². The summed E-state index contributed by atoms with van der Waals surface area (Å²) in [5.41, 5.74) is 8.20. The number of hydrogen-bond donors (Lipinski definition) is 1. The van der Waals surface area contributed by atoms with Crippen molar-refractivity contribution < 1.29 is 0 Å². The molecule has 0 aliphatic carbocycles. The van der Waals surface area contributed by atoms with Crippen LogP contribution in [0.3, 0.4) is 0 Å². The second-order valence-electron chi connectivity index (χ2n) is 6.22. The van der Waals surface area contributed by atoms with E-state index in [0.29, 0.717) is 6.54 Å². The Hall–Kier alpha value is -1.02. The first kappa shape index (κ1) is 16.0. The summed E-state index contributed by atoms with van der Waals surface area (Å²) in [6, 6.07) is 8.71. The maximum Gasteiger partial charge on any atom is 0.0366 e. The predicted molar refractivity (Wildman–Crippen MR) is 85.5 cm³/mol. The summed E-state index contributed by atoms with van der Waals surface area (Å²) < 4.78 is 0. The molecular formula is C17H30N2. The molecule has 0 unspecified atom stereocenters. The van der Waals surface area contributed by atoms with Gasteiger partial charge in [0.15, 0.2) is 0 Å². The third-order valence-electron chi connectivity index (χ3n) is 3.49. The molecule has 2 nitrogen and oxygen atoms in total. The smallest absolute Gasteiger partial charge is 0.0366 e. The molecule has 0 atom stereocenters. The number of nitrogens with two attached hydrogens (primary N) is 1. The van der Waals surface area contributed by atoms with Crippen molar-refractivity contribution >= 4 is 5.69 Å². The Bertz CT molecular complexity index is 329. The van der Waals surface area contributed by atoms with E-state index in [2.05, 4.69) is 56.9 Å². The van der Waals surface area contributed by atoms with Gasteiger partial charge in [0, 0.05) is 25.3 Å². The lowest BCUT2D eigenvalue weighted by atomic mass is 10.1. The highest BCUT2D eigenvalue weighted by molar-refractivity contribution is 5.47. The molecule has 1 aromatic rings. The summed E-state index contributed by atoms with van der Waals surface area (Å²) in [6.07, 6.45) is 2.49. The van der Waals surface area contributed by atoms with Crippen molar-refractivity contribution in [2.24, 2.45) is 17.6 Å². The van der Waals surface area contributed by atoms with Gasteiger partial charge in [0.2, 0.25) is 0 Å². The maximum atomic E-state index is 5.66. The quantitative estimate of drug-likeness (QED) is 0.766. The van der Waals surface area contributed by atoms with Crippen molar-refractivity contribution in [3.63, 3.8) is 0 Å². The normalized spacial score (nSPS) is 11.3. The zero-order valence-electron chi connectivity index (χ0n) is 13.0. The molecular weight excluding hydrogens is 232 g/mol. The van der Waals surface area contributed by atoms with Crippen LogP contribution in [0.15, 0.2) is 24.3 Å². The van der Waals surface area contributed by atoms with Crippen LogP contribution in [-0.4, -0.2) is 13.1 Å². The summed E-state index contributed by atoms with van der Waals surface area (Å²) >= 11 is 0. The first-order valence-electron chi connectivity index (χ1n) is 7.57. The molecule has 1 aromatic carbocycles. The Kier molecular flexibility index (Phi) is 6.93. The van der Waals surface area contributed by atoms with Gasteiger partial charge in [-0.25, -0.2) is 0 Å². The molecule has 0 radical (unpaired) electrons. The monoisotopic (exact) mass is 262 g/mol. The molecule has 0 bridgehead atoms. The third-order valence-corrected chi connectivity index (χ3v) is 3.49. The highest BCUT2D eigenvalue weighted by Gasteiger charge is 2.08. The van der Waals surface area contributed by atoms with Gasteiger partial charge in [0.25, 0.3) is 0 Å². The topological polar surface area (TPSA) is 29.3 Å². The van der Waals surface area contributed by atoms with Gasteiger partial charge >= 0.3 is 0 Å². The zero-order valence-corrected chi connectivity index (χ0v) is 13.0. The number of rotatable bonds is 8. The SMILES string of the molecule is CC(C)CCN(CCC(C)C)c1ccc(CN)cc1. The molecule has 19 heavy (non-hydrogen) atoms. The predicted octanol–water partition coefficient (Wildman–Crippen LogP) is 4.04. The van der Waals surface area contributed by atoms with Gasteiger partial charge in [0.1, 0.15) is 0 Å². The van der Waals surface area contributed by atoms with Crippen LogP contribution in [0, 0.1) is 11.8 Å². The van der Waals surface area contributed by atoms with Crippen molar-refractivity contribution in [3.05, 3.63) is 29.8 Å². The van der Waals surface area contributed by atoms with Crippen LogP contribution in [0.25, 0.3) is 0 Å². The van der Waals surface area contributed by atoms with Gasteiger partial charge in [-0.1, -0.05) is 39.8 Å². The first-order chi connectivity index (χ1) is 9.02. The molecule has 1 rings (SSSR count). The molecule has 0 spiro atoms. The van der Waals surface area contributed by atoms with Gasteiger partial charge < -0.3 is 10.6 Å². The van der Waals surface area contributed by atoms with Gasteiger partial charge in [-0.2, -0.15) is 0 Å². The van der Waals surface area contributed by atoms with E-state index in [0.717, 1.165) is 24.9 Å². The third kappa shape index (κ3) is 6.11. The Labute approximate surface area is 119 Å². The largest absolute Gasteiger partial charge is 0.372 e. The molecule has 0 saturated heterocycles. The summed E-state index contributed by atoms with van der Waals surface area (Å²) in [4.78, 5) is 2.51. The van der Waals surface area contributed by atoms with Crippen LogP contribution in [0.1, 0.15) is 46.1 Å². The van der Waals surface area contributed by atoms with Gasteiger partial charge in [-0.3, -0.25) is 0 Å². The number of hydrogen-bond acceptors (Lipinski definition) is 2. The summed E-state index contributed by atoms with van der Waals surface area (Å²) in [5.74, 6) is 1.51.